The molecule has 0 unspecified atom stereocenters. The Morgan fingerprint density at radius 1 is 1.24 bits per heavy atom. The van der Waals surface area contributed by atoms with E-state index in [2.05, 4.69) is 25.3 Å². The summed E-state index contributed by atoms with van der Waals surface area (Å²) in [5.41, 5.74) is 8.89. The first-order chi connectivity index (χ1) is 8.21. The Labute approximate surface area is 103 Å². The fourth-order valence-electron chi connectivity index (χ4n) is 2.46. The van der Waals surface area contributed by atoms with Crippen LogP contribution in [0.1, 0.15) is 45.4 Å². The van der Waals surface area contributed by atoms with Crippen LogP contribution in [0, 0.1) is 0 Å². The molecular weight excluding hydrogens is 210 g/mol. The SMILES string of the molecule is CCC(CC)c1nc2ccc(N)cc2n1CC. The van der Waals surface area contributed by atoms with Crippen molar-refractivity contribution in [1.82, 2.24) is 9.55 Å². The van der Waals surface area contributed by atoms with Gasteiger partial charge in [-0.15, -0.1) is 0 Å². The van der Waals surface area contributed by atoms with Gasteiger partial charge in [-0.2, -0.15) is 0 Å². The van der Waals surface area contributed by atoms with Crippen molar-refractivity contribution >= 4 is 16.7 Å². The number of nitrogen functional groups attached to an aromatic ring is 1. The fourth-order valence-corrected chi connectivity index (χ4v) is 2.46. The van der Waals surface area contributed by atoms with Crippen LogP contribution >= 0.6 is 0 Å². The Morgan fingerprint density at radius 2 is 1.94 bits per heavy atom. The second kappa shape index (κ2) is 4.78. The van der Waals surface area contributed by atoms with Crippen LogP contribution in [-0.4, -0.2) is 9.55 Å². The Balaban J connectivity index is 2.63. The molecule has 92 valence electrons. The molecule has 0 aliphatic rings. The van der Waals surface area contributed by atoms with Gasteiger partial charge < -0.3 is 10.3 Å². The molecule has 0 fully saturated rings. The Hall–Kier alpha value is -1.51. The molecule has 17 heavy (non-hydrogen) atoms. The lowest BCUT2D eigenvalue weighted by molar-refractivity contribution is 0.564. The molecule has 0 amide bonds. The van der Waals surface area contributed by atoms with Gasteiger partial charge in [0.2, 0.25) is 0 Å². The van der Waals surface area contributed by atoms with E-state index in [0.29, 0.717) is 5.92 Å². The topological polar surface area (TPSA) is 43.8 Å². The predicted molar refractivity (Wildman–Crippen MR) is 73.1 cm³/mol. The quantitative estimate of drug-likeness (QED) is 0.818. The van der Waals surface area contributed by atoms with Gasteiger partial charge in [0.1, 0.15) is 5.82 Å². The highest BCUT2D eigenvalue weighted by Crippen LogP contribution is 2.27. The minimum atomic E-state index is 0.545. The Kier molecular flexibility index (Phi) is 3.36. The number of fused-ring (bicyclic) bond motifs is 1. The van der Waals surface area contributed by atoms with Gasteiger partial charge in [-0.25, -0.2) is 4.98 Å². The van der Waals surface area contributed by atoms with E-state index >= 15 is 0 Å². The highest BCUT2D eigenvalue weighted by molar-refractivity contribution is 5.79. The lowest BCUT2D eigenvalue weighted by Crippen LogP contribution is -2.07. The van der Waals surface area contributed by atoms with Crippen molar-refractivity contribution in [3.63, 3.8) is 0 Å². The van der Waals surface area contributed by atoms with Crippen molar-refractivity contribution in [1.29, 1.82) is 0 Å². The normalized spacial score (nSPS) is 11.5. The first kappa shape index (κ1) is 12.0. The molecule has 2 rings (SSSR count). The van der Waals surface area contributed by atoms with Gasteiger partial charge >= 0.3 is 0 Å². The number of rotatable bonds is 4. The summed E-state index contributed by atoms with van der Waals surface area (Å²) in [6.07, 6.45) is 2.27. The summed E-state index contributed by atoms with van der Waals surface area (Å²) in [6, 6.07) is 5.96. The van der Waals surface area contributed by atoms with E-state index in [1.165, 1.54) is 5.82 Å². The molecule has 0 spiro atoms. The van der Waals surface area contributed by atoms with Crippen molar-refractivity contribution in [2.75, 3.05) is 5.73 Å². The van der Waals surface area contributed by atoms with E-state index in [4.69, 9.17) is 10.7 Å². The largest absolute Gasteiger partial charge is 0.399 e. The summed E-state index contributed by atoms with van der Waals surface area (Å²) in [5, 5.41) is 0. The number of aromatic nitrogens is 2. The highest BCUT2D eigenvalue weighted by Gasteiger charge is 2.16. The van der Waals surface area contributed by atoms with Gasteiger partial charge in [0, 0.05) is 18.2 Å². The number of hydrogen-bond donors (Lipinski definition) is 1. The summed E-state index contributed by atoms with van der Waals surface area (Å²) in [7, 11) is 0. The van der Waals surface area contributed by atoms with Crippen molar-refractivity contribution in [3.05, 3.63) is 24.0 Å². The molecule has 0 aliphatic carbocycles. The summed E-state index contributed by atoms with van der Waals surface area (Å²) in [4.78, 5) is 4.77. The van der Waals surface area contributed by atoms with Gasteiger partial charge in [0.25, 0.3) is 0 Å². The minimum Gasteiger partial charge on any atom is -0.399 e. The average Bonchev–Trinajstić information content (AvgIpc) is 2.68. The zero-order valence-electron chi connectivity index (χ0n) is 10.9. The second-order valence-corrected chi connectivity index (χ2v) is 4.48. The number of nitrogens with zero attached hydrogens (tertiary/aromatic N) is 2. The Bertz CT molecular complexity index is 509. The fraction of sp³-hybridized carbons (Fsp3) is 0.500. The second-order valence-electron chi connectivity index (χ2n) is 4.48. The lowest BCUT2D eigenvalue weighted by atomic mass is 10.0. The molecule has 0 radical (unpaired) electrons. The van der Waals surface area contributed by atoms with Gasteiger partial charge in [-0.1, -0.05) is 13.8 Å². The number of anilines is 1. The molecule has 0 aliphatic heterocycles. The van der Waals surface area contributed by atoms with E-state index in [1.54, 1.807) is 0 Å². The van der Waals surface area contributed by atoms with E-state index < -0.39 is 0 Å². The van der Waals surface area contributed by atoms with Crippen molar-refractivity contribution in [2.45, 2.75) is 46.1 Å². The maximum atomic E-state index is 5.86. The van der Waals surface area contributed by atoms with Crippen LogP contribution in [0.2, 0.25) is 0 Å². The molecular formula is C14H21N3. The standard InChI is InChI=1S/C14H21N3/c1-4-10(5-2)14-16-12-8-7-11(15)9-13(12)17(14)6-3/h7-10H,4-6,15H2,1-3H3. The molecule has 0 bridgehead atoms. The third-order valence-corrected chi connectivity index (χ3v) is 3.47. The van der Waals surface area contributed by atoms with E-state index in [0.717, 1.165) is 36.1 Å². The third-order valence-electron chi connectivity index (χ3n) is 3.47. The van der Waals surface area contributed by atoms with Crippen LogP contribution < -0.4 is 5.73 Å². The number of benzene rings is 1. The number of aryl methyl sites for hydroxylation is 1. The number of imidazole rings is 1. The van der Waals surface area contributed by atoms with Crippen LogP contribution in [0.25, 0.3) is 11.0 Å². The smallest absolute Gasteiger partial charge is 0.112 e. The number of hydrogen-bond acceptors (Lipinski definition) is 2. The number of nitrogens with two attached hydrogens (primary N) is 1. The van der Waals surface area contributed by atoms with E-state index in [1.807, 2.05) is 18.2 Å². The van der Waals surface area contributed by atoms with E-state index in [-0.39, 0.29) is 0 Å². The summed E-state index contributed by atoms with van der Waals surface area (Å²) < 4.78 is 2.30. The van der Waals surface area contributed by atoms with Crippen LogP contribution in [0.4, 0.5) is 5.69 Å². The molecule has 1 aromatic heterocycles. The molecule has 0 atom stereocenters. The zero-order valence-corrected chi connectivity index (χ0v) is 10.9. The molecule has 1 heterocycles. The van der Waals surface area contributed by atoms with Crippen LogP contribution in [0.3, 0.4) is 0 Å². The van der Waals surface area contributed by atoms with Crippen molar-refractivity contribution < 1.29 is 0 Å². The average molecular weight is 231 g/mol. The monoisotopic (exact) mass is 231 g/mol. The highest BCUT2D eigenvalue weighted by atomic mass is 15.1. The summed E-state index contributed by atoms with van der Waals surface area (Å²) >= 11 is 0. The minimum absolute atomic E-state index is 0.545. The summed E-state index contributed by atoms with van der Waals surface area (Å²) in [6.45, 7) is 7.56. The van der Waals surface area contributed by atoms with E-state index in [9.17, 15) is 0 Å². The van der Waals surface area contributed by atoms with Crippen LogP contribution in [0.5, 0.6) is 0 Å². The van der Waals surface area contributed by atoms with Crippen LogP contribution in [-0.2, 0) is 6.54 Å². The third kappa shape index (κ3) is 2.02. The Morgan fingerprint density at radius 3 is 2.53 bits per heavy atom. The predicted octanol–water partition coefficient (Wildman–Crippen LogP) is 3.54. The van der Waals surface area contributed by atoms with Crippen molar-refractivity contribution in [3.8, 4) is 0 Å². The maximum Gasteiger partial charge on any atom is 0.112 e. The summed E-state index contributed by atoms with van der Waals surface area (Å²) in [5.74, 6) is 1.75. The first-order valence-corrected chi connectivity index (χ1v) is 6.46. The molecule has 1 aromatic carbocycles. The molecule has 0 saturated carbocycles. The first-order valence-electron chi connectivity index (χ1n) is 6.46. The zero-order chi connectivity index (χ0) is 12.4. The van der Waals surface area contributed by atoms with Gasteiger partial charge in [0.15, 0.2) is 0 Å². The maximum absolute atomic E-state index is 5.86. The van der Waals surface area contributed by atoms with Crippen molar-refractivity contribution in [2.24, 2.45) is 0 Å². The van der Waals surface area contributed by atoms with Gasteiger partial charge in [-0.05, 0) is 38.0 Å². The molecule has 2 aromatic rings. The lowest BCUT2D eigenvalue weighted by Gasteiger charge is -2.13. The molecule has 3 nitrogen and oxygen atoms in total. The molecule has 3 heteroatoms. The van der Waals surface area contributed by atoms with Crippen LogP contribution in [0.15, 0.2) is 18.2 Å². The van der Waals surface area contributed by atoms with Gasteiger partial charge in [-0.3, -0.25) is 0 Å². The van der Waals surface area contributed by atoms with Gasteiger partial charge in [0.05, 0.1) is 11.0 Å². The molecule has 2 N–H and O–H groups in total. The molecule has 0 saturated heterocycles.